The number of anilines is 1. The number of benzene rings is 1. The van der Waals surface area contributed by atoms with Gasteiger partial charge in [-0.25, -0.2) is 13.6 Å². The van der Waals surface area contributed by atoms with E-state index in [1.807, 2.05) is 0 Å². The van der Waals surface area contributed by atoms with Gasteiger partial charge in [-0.05, 0) is 24.3 Å². The predicted octanol–water partition coefficient (Wildman–Crippen LogP) is 0.522. The van der Waals surface area contributed by atoms with E-state index in [0.717, 1.165) is 4.68 Å². The standard InChI is InChI=1S/C10H11ClN4O4S2/c1-15-10(9(11)6-13-15)21(18,19)14-7-2-4-8(5-3-7)20(12,16)17/h2-6,14H,1H3,(H2,12,16,17). The minimum atomic E-state index is -3.94. The number of nitrogens with two attached hydrogens (primary N) is 1. The van der Waals surface area contributed by atoms with E-state index in [1.165, 1.54) is 37.5 Å². The molecular formula is C10H11ClN4O4S2. The van der Waals surface area contributed by atoms with Gasteiger partial charge in [-0.15, -0.1) is 0 Å². The first-order valence-electron chi connectivity index (χ1n) is 5.44. The van der Waals surface area contributed by atoms with Gasteiger partial charge in [0.15, 0.2) is 5.03 Å². The lowest BCUT2D eigenvalue weighted by molar-refractivity contribution is 0.582. The van der Waals surface area contributed by atoms with Crippen LogP contribution in [0.3, 0.4) is 0 Å². The van der Waals surface area contributed by atoms with Crippen molar-refractivity contribution < 1.29 is 16.8 Å². The second-order valence-electron chi connectivity index (χ2n) is 4.10. The fraction of sp³-hybridized carbons (Fsp3) is 0.100. The van der Waals surface area contributed by atoms with Crippen LogP contribution in [0, 0.1) is 0 Å². The molecule has 0 unspecified atom stereocenters. The van der Waals surface area contributed by atoms with E-state index in [9.17, 15) is 16.8 Å². The molecule has 0 saturated carbocycles. The van der Waals surface area contributed by atoms with Crippen molar-refractivity contribution in [1.82, 2.24) is 9.78 Å². The van der Waals surface area contributed by atoms with Gasteiger partial charge in [0, 0.05) is 12.7 Å². The molecule has 0 aliphatic rings. The Morgan fingerprint density at radius 2 is 1.76 bits per heavy atom. The average molecular weight is 351 g/mol. The molecule has 0 atom stereocenters. The zero-order chi connectivity index (χ0) is 15.8. The molecule has 0 spiro atoms. The molecule has 0 saturated heterocycles. The Hall–Kier alpha value is -1.62. The number of rotatable bonds is 4. The summed E-state index contributed by atoms with van der Waals surface area (Å²) in [7, 11) is -6.34. The van der Waals surface area contributed by atoms with Crippen molar-refractivity contribution in [3.8, 4) is 0 Å². The molecule has 3 N–H and O–H groups in total. The maximum absolute atomic E-state index is 12.2. The highest BCUT2D eigenvalue weighted by Crippen LogP contribution is 2.23. The van der Waals surface area contributed by atoms with Crippen LogP contribution >= 0.6 is 11.6 Å². The van der Waals surface area contributed by atoms with E-state index in [2.05, 4.69) is 9.82 Å². The van der Waals surface area contributed by atoms with E-state index >= 15 is 0 Å². The summed E-state index contributed by atoms with van der Waals surface area (Å²) in [4.78, 5) is -0.121. The molecular weight excluding hydrogens is 340 g/mol. The van der Waals surface area contributed by atoms with Crippen LogP contribution < -0.4 is 9.86 Å². The molecule has 0 aliphatic heterocycles. The molecule has 11 heteroatoms. The molecule has 2 rings (SSSR count). The van der Waals surface area contributed by atoms with Crippen molar-refractivity contribution in [3.63, 3.8) is 0 Å². The Morgan fingerprint density at radius 1 is 1.19 bits per heavy atom. The molecule has 8 nitrogen and oxygen atoms in total. The maximum Gasteiger partial charge on any atom is 0.280 e. The van der Waals surface area contributed by atoms with Crippen molar-refractivity contribution in [2.45, 2.75) is 9.92 Å². The van der Waals surface area contributed by atoms with Crippen LogP contribution in [0.1, 0.15) is 0 Å². The van der Waals surface area contributed by atoms with E-state index < -0.39 is 20.0 Å². The van der Waals surface area contributed by atoms with Crippen LogP contribution in [0.4, 0.5) is 5.69 Å². The Morgan fingerprint density at radius 3 is 2.19 bits per heavy atom. The Bertz CT molecular complexity index is 853. The van der Waals surface area contributed by atoms with Crippen molar-refractivity contribution in [2.24, 2.45) is 12.2 Å². The van der Waals surface area contributed by atoms with Gasteiger partial charge in [-0.3, -0.25) is 9.40 Å². The first-order chi connectivity index (χ1) is 9.61. The third-order valence-electron chi connectivity index (χ3n) is 2.53. The van der Waals surface area contributed by atoms with Gasteiger partial charge in [0.2, 0.25) is 10.0 Å². The number of primary sulfonamides is 1. The van der Waals surface area contributed by atoms with Crippen LogP contribution in [0.5, 0.6) is 0 Å². The van der Waals surface area contributed by atoms with Crippen molar-refractivity contribution in [1.29, 1.82) is 0 Å². The molecule has 0 amide bonds. The predicted molar refractivity (Wildman–Crippen MR) is 76.8 cm³/mol. The molecule has 0 fully saturated rings. The second-order valence-corrected chi connectivity index (χ2v) is 7.66. The minimum absolute atomic E-state index is 0.0221. The summed E-state index contributed by atoms with van der Waals surface area (Å²) in [6.07, 6.45) is 1.21. The van der Waals surface area contributed by atoms with Crippen LogP contribution in [-0.2, 0) is 27.1 Å². The summed E-state index contributed by atoms with van der Waals surface area (Å²) in [6.45, 7) is 0. The smallest absolute Gasteiger partial charge is 0.278 e. The Balaban J connectivity index is 2.34. The lowest BCUT2D eigenvalue weighted by Gasteiger charge is -2.09. The monoisotopic (exact) mass is 350 g/mol. The van der Waals surface area contributed by atoms with E-state index in [4.69, 9.17) is 16.7 Å². The Labute approximate surface area is 126 Å². The molecule has 0 bridgehead atoms. The number of aromatic nitrogens is 2. The highest BCUT2D eigenvalue weighted by molar-refractivity contribution is 7.92. The number of halogens is 1. The van der Waals surface area contributed by atoms with E-state index in [0.29, 0.717) is 0 Å². The van der Waals surface area contributed by atoms with E-state index in [-0.39, 0.29) is 20.6 Å². The number of sulfonamides is 2. The van der Waals surface area contributed by atoms with Crippen LogP contribution in [0.2, 0.25) is 5.02 Å². The lowest BCUT2D eigenvalue weighted by Crippen LogP contribution is -2.17. The molecule has 21 heavy (non-hydrogen) atoms. The molecule has 1 aromatic heterocycles. The molecule has 1 heterocycles. The summed E-state index contributed by atoms with van der Waals surface area (Å²) >= 11 is 5.78. The normalized spacial score (nSPS) is 12.3. The fourth-order valence-corrected chi connectivity index (χ4v) is 3.85. The fourth-order valence-electron chi connectivity index (χ4n) is 1.62. The summed E-state index contributed by atoms with van der Waals surface area (Å²) in [6, 6.07) is 4.94. The third kappa shape index (κ3) is 3.35. The van der Waals surface area contributed by atoms with Gasteiger partial charge in [0.1, 0.15) is 0 Å². The Kier molecular flexibility index (Phi) is 3.97. The van der Waals surface area contributed by atoms with Gasteiger partial charge in [0.05, 0.1) is 16.1 Å². The number of nitrogens with zero attached hydrogens (tertiary/aromatic N) is 2. The zero-order valence-corrected chi connectivity index (χ0v) is 13.1. The number of hydrogen-bond acceptors (Lipinski definition) is 5. The summed E-state index contributed by atoms with van der Waals surface area (Å²) in [5, 5.41) is 8.48. The minimum Gasteiger partial charge on any atom is -0.278 e. The van der Waals surface area contributed by atoms with Gasteiger partial charge in [-0.2, -0.15) is 13.5 Å². The summed E-state index contributed by atoms with van der Waals surface area (Å²) in [5.41, 5.74) is 0.166. The molecule has 2 aromatic rings. The highest BCUT2D eigenvalue weighted by atomic mass is 35.5. The third-order valence-corrected chi connectivity index (χ3v) is 5.35. The largest absolute Gasteiger partial charge is 0.280 e. The first-order valence-corrected chi connectivity index (χ1v) is 8.85. The van der Waals surface area contributed by atoms with Crippen LogP contribution in [0.25, 0.3) is 0 Å². The highest BCUT2D eigenvalue weighted by Gasteiger charge is 2.23. The van der Waals surface area contributed by atoms with E-state index in [1.54, 1.807) is 0 Å². The molecule has 0 radical (unpaired) electrons. The number of nitrogens with one attached hydrogen (secondary N) is 1. The van der Waals surface area contributed by atoms with Crippen molar-refractivity contribution in [2.75, 3.05) is 4.72 Å². The SMILES string of the molecule is Cn1ncc(Cl)c1S(=O)(=O)Nc1ccc(S(N)(=O)=O)cc1. The lowest BCUT2D eigenvalue weighted by atomic mass is 10.3. The van der Waals surface area contributed by atoms with Crippen LogP contribution in [-0.4, -0.2) is 26.6 Å². The van der Waals surface area contributed by atoms with Gasteiger partial charge in [-0.1, -0.05) is 11.6 Å². The van der Waals surface area contributed by atoms with Crippen LogP contribution in [0.15, 0.2) is 40.4 Å². The van der Waals surface area contributed by atoms with Crippen molar-refractivity contribution >= 4 is 37.3 Å². The topological polar surface area (TPSA) is 124 Å². The molecule has 114 valence electrons. The quantitative estimate of drug-likeness (QED) is 0.831. The zero-order valence-electron chi connectivity index (χ0n) is 10.7. The summed E-state index contributed by atoms with van der Waals surface area (Å²) in [5.74, 6) is 0. The van der Waals surface area contributed by atoms with Crippen molar-refractivity contribution in [3.05, 3.63) is 35.5 Å². The molecule has 0 aliphatic carbocycles. The number of hydrogen-bond donors (Lipinski definition) is 2. The van der Waals surface area contributed by atoms with Gasteiger partial charge < -0.3 is 0 Å². The van der Waals surface area contributed by atoms with Gasteiger partial charge >= 0.3 is 0 Å². The maximum atomic E-state index is 12.2. The van der Waals surface area contributed by atoms with Gasteiger partial charge in [0.25, 0.3) is 10.0 Å². The summed E-state index contributed by atoms with van der Waals surface area (Å²) < 4.78 is 50.0. The number of aryl methyl sites for hydroxylation is 1. The second kappa shape index (κ2) is 5.30. The first kappa shape index (κ1) is 15.8. The molecule has 1 aromatic carbocycles. The average Bonchev–Trinajstić information content (AvgIpc) is 2.68.